The Morgan fingerprint density at radius 3 is 2.80 bits per heavy atom. The van der Waals surface area contributed by atoms with Crippen LogP contribution in [0.15, 0.2) is 22.7 Å². The third-order valence-corrected chi connectivity index (χ3v) is 3.37. The molecule has 2 nitrogen and oxygen atoms in total. The highest BCUT2D eigenvalue weighted by Crippen LogP contribution is 2.23. The average Bonchev–Trinajstić information content (AvgIpc) is 2.27. The number of hydrogen-bond donors (Lipinski definition) is 1. The summed E-state index contributed by atoms with van der Waals surface area (Å²) in [6.07, 6.45) is 2.18. The second kappa shape index (κ2) is 6.13. The standard InChI is InChI=1S/C12H18BrNO/c1-9(14-2)4-5-10-8-11(15-3)6-7-12(10)13/h6-9,14H,4-5H2,1-3H3. The van der Waals surface area contributed by atoms with Crippen molar-refractivity contribution in [3.63, 3.8) is 0 Å². The van der Waals surface area contributed by atoms with Crippen LogP contribution in [0.5, 0.6) is 5.75 Å². The van der Waals surface area contributed by atoms with Gasteiger partial charge in [0.2, 0.25) is 0 Å². The number of benzene rings is 1. The van der Waals surface area contributed by atoms with Crippen LogP contribution in [-0.2, 0) is 6.42 Å². The number of rotatable bonds is 5. The van der Waals surface area contributed by atoms with Gasteiger partial charge < -0.3 is 10.1 Å². The summed E-state index contributed by atoms with van der Waals surface area (Å²) in [4.78, 5) is 0. The van der Waals surface area contributed by atoms with Gasteiger partial charge in [0.1, 0.15) is 5.75 Å². The maximum atomic E-state index is 5.21. The molecule has 84 valence electrons. The van der Waals surface area contributed by atoms with Crippen LogP contribution in [-0.4, -0.2) is 20.2 Å². The number of nitrogens with one attached hydrogen (secondary N) is 1. The first-order valence-corrected chi connectivity index (χ1v) is 5.96. The van der Waals surface area contributed by atoms with E-state index in [-0.39, 0.29) is 0 Å². The van der Waals surface area contributed by atoms with Gasteiger partial charge in [-0.3, -0.25) is 0 Å². The minimum absolute atomic E-state index is 0.545. The summed E-state index contributed by atoms with van der Waals surface area (Å²) in [5, 5.41) is 3.24. The van der Waals surface area contributed by atoms with E-state index >= 15 is 0 Å². The van der Waals surface area contributed by atoms with Crippen LogP contribution >= 0.6 is 15.9 Å². The Kier molecular flexibility index (Phi) is 5.12. The molecule has 0 aromatic heterocycles. The maximum absolute atomic E-state index is 5.21. The van der Waals surface area contributed by atoms with Crippen LogP contribution in [0.3, 0.4) is 0 Å². The lowest BCUT2D eigenvalue weighted by molar-refractivity contribution is 0.414. The average molecular weight is 272 g/mol. The molecular formula is C12H18BrNO. The third-order valence-electron chi connectivity index (χ3n) is 2.59. The quantitative estimate of drug-likeness (QED) is 0.889. The van der Waals surface area contributed by atoms with Gasteiger partial charge in [-0.05, 0) is 50.6 Å². The summed E-state index contributed by atoms with van der Waals surface area (Å²) in [6.45, 7) is 2.19. The van der Waals surface area contributed by atoms with E-state index in [4.69, 9.17) is 4.74 Å². The Morgan fingerprint density at radius 2 is 2.20 bits per heavy atom. The summed E-state index contributed by atoms with van der Waals surface area (Å²) >= 11 is 3.56. The van der Waals surface area contributed by atoms with Crippen molar-refractivity contribution in [3.8, 4) is 5.75 Å². The summed E-state index contributed by atoms with van der Waals surface area (Å²) in [5.74, 6) is 0.922. The topological polar surface area (TPSA) is 21.3 Å². The Hall–Kier alpha value is -0.540. The van der Waals surface area contributed by atoms with Gasteiger partial charge >= 0.3 is 0 Å². The Bertz CT molecular complexity index is 314. The largest absolute Gasteiger partial charge is 0.497 e. The van der Waals surface area contributed by atoms with E-state index in [0.717, 1.165) is 23.1 Å². The lowest BCUT2D eigenvalue weighted by Gasteiger charge is -2.11. The van der Waals surface area contributed by atoms with Gasteiger partial charge in [-0.2, -0.15) is 0 Å². The van der Waals surface area contributed by atoms with Crippen LogP contribution in [0.2, 0.25) is 0 Å². The molecule has 0 amide bonds. The van der Waals surface area contributed by atoms with E-state index < -0.39 is 0 Å². The van der Waals surface area contributed by atoms with E-state index in [1.807, 2.05) is 19.2 Å². The summed E-state index contributed by atoms with van der Waals surface area (Å²) in [7, 11) is 3.69. The second-order valence-corrected chi connectivity index (χ2v) is 4.54. The van der Waals surface area contributed by atoms with Crippen molar-refractivity contribution in [2.75, 3.05) is 14.2 Å². The number of ether oxygens (including phenoxy) is 1. The summed E-state index contributed by atoms with van der Waals surface area (Å²) < 4.78 is 6.37. The second-order valence-electron chi connectivity index (χ2n) is 3.69. The van der Waals surface area contributed by atoms with Gasteiger partial charge in [-0.15, -0.1) is 0 Å². The fourth-order valence-electron chi connectivity index (χ4n) is 1.39. The van der Waals surface area contributed by atoms with Gasteiger partial charge in [0.05, 0.1) is 7.11 Å². The number of halogens is 1. The fourth-order valence-corrected chi connectivity index (χ4v) is 1.83. The molecule has 0 heterocycles. The van der Waals surface area contributed by atoms with E-state index in [1.165, 1.54) is 5.56 Å². The van der Waals surface area contributed by atoms with Crippen LogP contribution in [0, 0.1) is 0 Å². The monoisotopic (exact) mass is 271 g/mol. The van der Waals surface area contributed by atoms with Crippen molar-refractivity contribution in [2.24, 2.45) is 0 Å². The van der Waals surface area contributed by atoms with Crippen molar-refractivity contribution in [2.45, 2.75) is 25.8 Å². The lowest BCUT2D eigenvalue weighted by Crippen LogP contribution is -2.21. The molecule has 0 radical (unpaired) electrons. The van der Waals surface area contributed by atoms with Crippen LogP contribution in [0.25, 0.3) is 0 Å². The molecule has 1 aromatic carbocycles. The van der Waals surface area contributed by atoms with E-state index in [0.29, 0.717) is 6.04 Å². The first-order valence-electron chi connectivity index (χ1n) is 5.17. The van der Waals surface area contributed by atoms with Gasteiger partial charge in [0.25, 0.3) is 0 Å². The summed E-state index contributed by atoms with van der Waals surface area (Å²) in [6, 6.07) is 6.64. The van der Waals surface area contributed by atoms with Crippen LogP contribution < -0.4 is 10.1 Å². The molecule has 1 atom stereocenters. The SMILES string of the molecule is CNC(C)CCc1cc(OC)ccc1Br. The minimum Gasteiger partial charge on any atom is -0.497 e. The predicted molar refractivity (Wildman–Crippen MR) is 67.5 cm³/mol. The highest BCUT2D eigenvalue weighted by molar-refractivity contribution is 9.10. The summed E-state index contributed by atoms with van der Waals surface area (Å²) in [5.41, 5.74) is 1.30. The molecule has 0 saturated carbocycles. The molecule has 0 fully saturated rings. The van der Waals surface area contributed by atoms with Crippen LogP contribution in [0.4, 0.5) is 0 Å². The van der Waals surface area contributed by atoms with Crippen molar-refractivity contribution in [3.05, 3.63) is 28.2 Å². The highest BCUT2D eigenvalue weighted by Gasteiger charge is 2.04. The zero-order valence-electron chi connectivity index (χ0n) is 9.51. The Labute approximate surface area is 100 Å². The van der Waals surface area contributed by atoms with Crippen molar-refractivity contribution >= 4 is 15.9 Å². The van der Waals surface area contributed by atoms with Crippen molar-refractivity contribution in [1.82, 2.24) is 5.32 Å². The van der Waals surface area contributed by atoms with E-state index in [2.05, 4.69) is 34.2 Å². The van der Waals surface area contributed by atoms with Gasteiger partial charge in [0.15, 0.2) is 0 Å². The first-order chi connectivity index (χ1) is 7.17. The van der Waals surface area contributed by atoms with Gasteiger partial charge in [-0.1, -0.05) is 15.9 Å². The van der Waals surface area contributed by atoms with E-state index in [1.54, 1.807) is 7.11 Å². The molecule has 0 aliphatic heterocycles. The molecule has 0 aliphatic carbocycles. The molecule has 15 heavy (non-hydrogen) atoms. The zero-order valence-corrected chi connectivity index (χ0v) is 11.1. The fraction of sp³-hybridized carbons (Fsp3) is 0.500. The van der Waals surface area contributed by atoms with Gasteiger partial charge in [-0.25, -0.2) is 0 Å². The maximum Gasteiger partial charge on any atom is 0.119 e. The number of methoxy groups -OCH3 is 1. The van der Waals surface area contributed by atoms with Crippen molar-refractivity contribution in [1.29, 1.82) is 0 Å². The molecule has 0 bridgehead atoms. The number of hydrogen-bond acceptors (Lipinski definition) is 2. The normalized spacial score (nSPS) is 12.5. The zero-order chi connectivity index (χ0) is 11.3. The smallest absolute Gasteiger partial charge is 0.119 e. The Morgan fingerprint density at radius 1 is 1.47 bits per heavy atom. The molecule has 3 heteroatoms. The van der Waals surface area contributed by atoms with Gasteiger partial charge in [0, 0.05) is 10.5 Å². The molecular weight excluding hydrogens is 254 g/mol. The molecule has 1 unspecified atom stereocenters. The predicted octanol–water partition coefficient (Wildman–Crippen LogP) is 3.00. The third kappa shape index (κ3) is 3.84. The molecule has 1 rings (SSSR count). The molecule has 0 aliphatic rings. The van der Waals surface area contributed by atoms with E-state index in [9.17, 15) is 0 Å². The highest BCUT2D eigenvalue weighted by atomic mass is 79.9. The number of aryl methyl sites for hydroxylation is 1. The Balaban J connectivity index is 2.66. The van der Waals surface area contributed by atoms with Crippen molar-refractivity contribution < 1.29 is 4.74 Å². The molecule has 1 aromatic rings. The first kappa shape index (κ1) is 12.5. The minimum atomic E-state index is 0.545. The van der Waals surface area contributed by atoms with Crippen LogP contribution in [0.1, 0.15) is 18.9 Å². The lowest BCUT2D eigenvalue weighted by atomic mass is 10.1. The molecule has 1 N–H and O–H groups in total. The molecule has 0 spiro atoms. The molecule has 0 saturated heterocycles.